The Morgan fingerprint density at radius 1 is 1.20 bits per heavy atom. The predicted octanol–water partition coefficient (Wildman–Crippen LogP) is 3.62. The number of oxazole rings is 2. The van der Waals surface area contributed by atoms with Crippen molar-refractivity contribution in [3.63, 3.8) is 0 Å². The van der Waals surface area contributed by atoms with Crippen LogP contribution in [0.5, 0.6) is 0 Å². The zero-order valence-corrected chi connectivity index (χ0v) is 13.8. The average Bonchev–Trinajstić information content (AvgIpc) is 3.34. The van der Waals surface area contributed by atoms with E-state index in [1.54, 1.807) is 11.1 Å². The molecule has 6 heteroatoms. The lowest BCUT2D eigenvalue weighted by atomic mass is 10.0. The van der Waals surface area contributed by atoms with Crippen LogP contribution in [0.2, 0.25) is 0 Å². The van der Waals surface area contributed by atoms with Crippen molar-refractivity contribution in [3.05, 3.63) is 72.1 Å². The summed E-state index contributed by atoms with van der Waals surface area (Å²) in [7, 11) is 0. The van der Waals surface area contributed by atoms with E-state index >= 15 is 0 Å². The topological polar surface area (TPSA) is 72.4 Å². The molecule has 25 heavy (non-hydrogen) atoms. The molecular weight excluding hydrogens is 318 g/mol. The van der Waals surface area contributed by atoms with Crippen LogP contribution in [0, 0.1) is 0 Å². The molecule has 4 rings (SSSR count). The van der Waals surface area contributed by atoms with E-state index in [9.17, 15) is 4.79 Å². The van der Waals surface area contributed by atoms with Gasteiger partial charge in [-0.1, -0.05) is 30.3 Å². The summed E-state index contributed by atoms with van der Waals surface area (Å²) < 4.78 is 11.1. The number of likely N-dealkylation sites (tertiary alicyclic amines) is 1. The number of aromatic nitrogens is 2. The number of carbonyl (C=O) groups excluding carboxylic acids is 1. The summed E-state index contributed by atoms with van der Waals surface area (Å²) in [5.74, 6) is 1.49. The largest absolute Gasteiger partial charge is 0.443 e. The van der Waals surface area contributed by atoms with Gasteiger partial charge in [0.05, 0.1) is 12.4 Å². The Kier molecular flexibility index (Phi) is 4.33. The molecule has 6 nitrogen and oxygen atoms in total. The summed E-state index contributed by atoms with van der Waals surface area (Å²) >= 11 is 0. The summed E-state index contributed by atoms with van der Waals surface area (Å²) in [6.07, 6.45) is 8.02. The number of rotatable bonds is 4. The van der Waals surface area contributed by atoms with Gasteiger partial charge in [-0.3, -0.25) is 4.79 Å². The second-order valence-corrected chi connectivity index (χ2v) is 6.20. The smallest absolute Gasteiger partial charge is 0.291 e. The highest BCUT2D eigenvalue weighted by atomic mass is 16.4. The molecular formula is C19H19N3O3. The van der Waals surface area contributed by atoms with Crippen LogP contribution in [0.3, 0.4) is 0 Å². The molecule has 1 fully saturated rings. The minimum Gasteiger partial charge on any atom is -0.443 e. The molecule has 1 aromatic carbocycles. The van der Waals surface area contributed by atoms with Crippen LogP contribution in [-0.2, 0) is 6.42 Å². The van der Waals surface area contributed by atoms with Crippen molar-refractivity contribution >= 4 is 5.91 Å². The number of piperidine rings is 1. The van der Waals surface area contributed by atoms with Crippen LogP contribution in [0.4, 0.5) is 0 Å². The van der Waals surface area contributed by atoms with Gasteiger partial charge in [0, 0.05) is 13.0 Å². The van der Waals surface area contributed by atoms with E-state index in [2.05, 4.69) is 22.1 Å². The third-order valence-corrected chi connectivity index (χ3v) is 4.48. The highest BCUT2D eigenvalue weighted by molar-refractivity contribution is 5.91. The predicted molar refractivity (Wildman–Crippen MR) is 89.9 cm³/mol. The number of benzene rings is 1. The first-order valence-electron chi connectivity index (χ1n) is 8.49. The molecule has 0 saturated carbocycles. The van der Waals surface area contributed by atoms with Gasteiger partial charge in [0.25, 0.3) is 5.91 Å². The fraction of sp³-hybridized carbons (Fsp3) is 0.316. The van der Waals surface area contributed by atoms with Crippen molar-refractivity contribution in [3.8, 4) is 0 Å². The normalized spacial score (nSPS) is 17.6. The first kappa shape index (κ1) is 15.6. The van der Waals surface area contributed by atoms with Gasteiger partial charge in [-0.15, -0.1) is 0 Å². The zero-order valence-electron chi connectivity index (χ0n) is 13.8. The first-order valence-corrected chi connectivity index (χ1v) is 8.49. The zero-order chi connectivity index (χ0) is 17.1. The Balaban J connectivity index is 1.54. The van der Waals surface area contributed by atoms with Crippen molar-refractivity contribution in [2.45, 2.75) is 31.7 Å². The molecule has 0 radical (unpaired) electrons. The molecule has 0 aliphatic carbocycles. The molecule has 1 atom stereocenters. The molecule has 2 aromatic heterocycles. The van der Waals surface area contributed by atoms with E-state index < -0.39 is 0 Å². The molecule has 1 aliphatic heterocycles. The summed E-state index contributed by atoms with van der Waals surface area (Å²) in [5.41, 5.74) is 1.17. The monoisotopic (exact) mass is 337 g/mol. The van der Waals surface area contributed by atoms with E-state index in [1.807, 2.05) is 18.2 Å². The standard InChI is InChI=1S/C19H19N3O3/c23-19(17-12-20-13-24-17)22-9-5-4-8-16(22)18-21-11-15(25-18)10-14-6-2-1-3-7-14/h1-3,6-7,11-13,16H,4-5,8-10H2/t16-/m1/s1. The molecule has 0 N–H and O–H groups in total. The van der Waals surface area contributed by atoms with Crippen LogP contribution >= 0.6 is 0 Å². The maximum atomic E-state index is 12.7. The van der Waals surface area contributed by atoms with Gasteiger partial charge in [-0.25, -0.2) is 9.97 Å². The minimum absolute atomic E-state index is 0.157. The maximum absolute atomic E-state index is 12.7. The molecule has 1 amide bonds. The third kappa shape index (κ3) is 3.33. The fourth-order valence-electron chi connectivity index (χ4n) is 3.25. The van der Waals surface area contributed by atoms with Gasteiger partial charge in [0.2, 0.25) is 11.7 Å². The molecule has 128 valence electrons. The second-order valence-electron chi connectivity index (χ2n) is 6.20. The molecule has 0 unspecified atom stereocenters. The summed E-state index contributed by atoms with van der Waals surface area (Å²) in [4.78, 5) is 22.7. The molecule has 1 saturated heterocycles. The lowest BCUT2D eigenvalue weighted by Gasteiger charge is -2.33. The third-order valence-electron chi connectivity index (χ3n) is 4.48. The summed E-state index contributed by atoms with van der Waals surface area (Å²) in [6, 6.07) is 9.96. The summed E-state index contributed by atoms with van der Waals surface area (Å²) in [6.45, 7) is 0.667. The van der Waals surface area contributed by atoms with Gasteiger partial charge in [0.15, 0.2) is 6.39 Å². The summed E-state index contributed by atoms with van der Waals surface area (Å²) in [5, 5.41) is 0. The van der Waals surface area contributed by atoms with Crippen molar-refractivity contribution in [1.82, 2.24) is 14.9 Å². The Hall–Kier alpha value is -2.89. The lowest BCUT2D eigenvalue weighted by molar-refractivity contribution is 0.0538. The second kappa shape index (κ2) is 6.93. The number of amides is 1. The molecule has 1 aliphatic rings. The van der Waals surface area contributed by atoms with Gasteiger partial charge in [-0.05, 0) is 24.8 Å². The molecule has 3 aromatic rings. The van der Waals surface area contributed by atoms with Crippen molar-refractivity contribution < 1.29 is 13.6 Å². The van der Waals surface area contributed by atoms with Gasteiger partial charge in [0.1, 0.15) is 11.8 Å². The number of hydrogen-bond donors (Lipinski definition) is 0. The van der Waals surface area contributed by atoms with Gasteiger partial charge in [-0.2, -0.15) is 0 Å². The molecule has 0 spiro atoms. The quantitative estimate of drug-likeness (QED) is 0.727. The van der Waals surface area contributed by atoms with Crippen LogP contribution in [0.1, 0.15) is 53.1 Å². The number of carbonyl (C=O) groups is 1. The van der Waals surface area contributed by atoms with Crippen molar-refractivity contribution in [2.75, 3.05) is 6.54 Å². The SMILES string of the molecule is O=C(c1cnco1)N1CCCC[C@@H]1c1ncc(Cc2ccccc2)o1. The van der Waals surface area contributed by atoms with Crippen LogP contribution in [0.15, 0.2) is 58.0 Å². The van der Waals surface area contributed by atoms with E-state index in [0.29, 0.717) is 18.9 Å². The van der Waals surface area contributed by atoms with Crippen molar-refractivity contribution in [2.24, 2.45) is 0 Å². The van der Waals surface area contributed by atoms with E-state index in [0.717, 1.165) is 25.0 Å². The Morgan fingerprint density at radius 3 is 2.88 bits per heavy atom. The number of hydrogen-bond acceptors (Lipinski definition) is 5. The minimum atomic E-state index is -0.162. The molecule has 0 bridgehead atoms. The number of nitrogens with zero attached hydrogens (tertiary/aromatic N) is 3. The highest BCUT2D eigenvalue weighted by Crippen LogP contribution is 2.32. The van der Waals surface area contributed by atoms with E-state index in [-0.39, 0.29) is 17.7 Å². The Bertz CT molecular complexity index is 827. The fourth-order valence-corrected chi connectivity index (χ4v) is 3.25. The van der Waals surface area contributed by atoms with Crippen LogP contribution in [0.25, 0.3) is 0 Å². The maximum Gasteiger partial charge on any atom is 0.291 e. The highest BCUT2D eigenvalue weighted by Gasteiger charge is 2.33. The van der Waals surface area contributed by atoms with Crippen molar-refractivity contribution in [1.29, 1.82) is 0 Å². The van der Waals surface area contributed by atoms with E-state index in [1.165, 1.54) is 18.2 Å². The van der Waals surface area contributed by atoms with Crippen LogP contribution < -0.4 is 0 Å². The lowest BCUT2D eigenvalue weighted by Crippen LogP contribution is -2.38. The first-order chi connectivity index (χ1) is 12.3. The Morgan fingerprint density at radius 2 is 2.08 bits per heavy atom. The van der Waals surface area contributed by atoms with Crippen LogP contribution in [-0.4, -0.2) is 27.3 Å². The van der Waals surface area contributed by atoms with Gasteiger partial charge < -0.3 is 13.7 Å². The Labute approximate surface area is 145 Å². The van der Waals surface area contributed by atoms with Gasteiger partial charge >= 0.3 is 0 Å². The molecule has 3 heterocycles. The average molecular weight is 337 g/mol. The van der Waals surface area contributed by atoms with E-state index in [4.69, 9.17) is 8.83 Å².